The molecular formula is C18H23NO4S. The van der Waals surface area contributed by atoms with Crippen molar-refractivity contribution in [3.05, 3.63) is 36.4 Å². The molecule has 0 radical (unpaired) electrons. The number of carbonyl (C=O) groups excluding carboxylic acids is 1. The van der Waals surface area contributed by atoms with Gasteiger partial charge in [-0.3, -0.25) is 8.98 Å². The van der Waals surface area contributed by atoms with Crippen molar-refractivity contribution in [3.8, 4) is 0 Å². The molecule has 0 aliphatic carbocycles. The van der Waals surface area contributed by atoms with E-state index >= 15 is 0 Å². The second-order valence-corrected chi connectivity index (χ2v) is 8.02. The molecule has 0 saturated carbocycles. The predicted molar refractivity (Wildman–Crippen MR) is 95.5 cm³/mol. The third-order valence-electron chi connectivity index (χ3n) is 4.09. The second-order valence-electron chi connectivity index (χ2n) is 6.37. The number of hydrogen-bond donors (Lipinski definition) is 1. The summed E-state index contributed by atoms with van der Waals surface area (Å²) in [5, 5.41) is 4.05. The normalized spacial score (nSPS) is 12.3. The van der Waals surface area contributed by atoms with Crippen LogP contribution in [0.2, 0.25) is 0 Å². The summed E-state index contributed by atoms with van der Waals surface area (Å²) in [7, 11) is -2.86. The molecule has 2 aromatic rings. The highest BCUT2D eigenvalue weighted by molar-refractivity contribution is 7.87. The van der Waals surface area contributed by atoms with Gasteiger partial charge >= 0.3 is 0 Å². The van der Waals surface area contributed by atoms with E-state index in [4.69, 9.17) is 4.18 Å². The van der Waals surface area contributed by atoms with Crippen LogP contribution in [-0.2, 0) is 19.1 Å². The third-order valence-corrected chi connectivity index (χ3v) is 5.47. The van der Waals surface area contributed by atoms with Crippen LogP contribution in [0.1, 0.15) is 33.6 Å². The van der Waals surface area contributed by atoms with Crippen LogP contribution in [0, 0.1) is 5.41 Å². The molecule has 0 aliphatic rings. The van der Waals surface area contributed by atoms with E-state index in [0.29, 0.717) is 11.8 Å². The summed E-state index contributed by atoms with van der Waals surface area (Å²) in [6, 6.07) is 10.5. The molecule has 0 bridgehead atoms. The first-order valence-corrected chi connectivity index (χ1v) is 9.27. The molecule has 0 heterocycles. The molecule has 5 nitrogen and oxygen atoms in total. The Morgan fingerprint density at radius 3 is 2.46 bits per heavy atom. The van der Waals surface area contributed by atoms with E-state index in [1.807, 2.05) is 32.9 Å². The monoisotopic (exact) mass is 349 g/mol. The highest BCUT2D eigenvalue weighted by Crippen LogP contribution is 2.33. The fourth-order valence-corrected chi connectivity index (χ4v) is 3.73. The number of anilines is 1. The molecule has 0 saturated heterocycles. The molecule has 2 rings (SSSR count). The highest BCUT2D eigenvalue weighted by atomic mass is 32.2. The van der Waals surface area contributed by atoms with Crippen molar-refractivity contribution < 1.29 is 17.4 Å². The minimum atomic E-state index is -3.97. The average molecular weight is 349 g/mol. The lowest BCUT2D eigenvalue weighted by atomic mass is 9.87. The van der Waals surface area contributed by atoms with Gasteiger partial charge in [-0.2, -0.15) is 8.42 Å². The van der Waals surface area contributed by atoms with Gasteiger partial charge in [0, 0.05) is 10.8 Å². The molecule has 6 heteroatoms. The summed E-state index contributed by atoms with van der Waals surface area (Å²) in [6.07, 6.45) is 1.57. The lowest BCUT2D eigenvalue weighted by Gasteiger charge is -2.24. The maximum Gasteiger partial charge on any atom is 0.299 e. The zero-order chi connectivity index (χ0) is 18.0. The van der Waals surface area contributed by atoms with Crippen LogP contribution < -0.4 is 5.32 Å². The topological polar surface area (TPSA) is 72.5 Å². The maximum absolute atomic E-state index is 12.6. The summed E-state index contributed by atoms with van der Waals surface area (Å²) in [4.78, 5) is 12.6. The lowest BCUT2D eigenvalue weighted by Crippen LogP contribution is -2.31. The molecule has 1 amide bonds. The quantitative estimate of drug-likeness (QED) is 0.802. The molecule has 24 heavy (non-hydrogen) atoms. The van der Waals surface area contributed by atoms with Gasteiger partial charge in [-0.25, -0.2) is 0 Å². The zero-order valence-corrected chi connectivity index (χ0v) is 15.2. The van der Waals surface area contributed by atoms with E-state index in [1.165, 1.54) is 0 Å². The Labute approximate surface area is 143 Å². The van der Waals surface area contributed by atoms with E-state index in [2.05, 4.69) is 5.32 Å². The first-order valence-electron chi connectivity index (χ1n) is 7.87. The molecule has 0 fully saturated rings. The number of rotatable bonds is 6. The Morgan fingerprint density at radius 2 is 1.83 bits per heavy atom. The predicted octanol–water partition coefficient (Wildman–Crippen LogP) is 3.94. The summed E-state index contributed by atoms with van der Waals surface area (Å²) in [5.74, 6) is -0.216. The van der Waals surface area contributed by atoms with Crippen molar-refractivity contribution in [3.63, 3.8) is 0 Å². The number of carbonyl (C=O) groups is 1. The smallest absolute Gasteiger partial charge is 0.299 e. The van der Waals surface area contributed by atoms with Crippen LogP contribution in [0.4, 0.5) is 5.69 Å². The van der Waals surface area contributed by atoms with Crippen LogP contribution >= 0.6 is 0 Å². The number of hydrogen-bond acceptors (Lipinski definition) is 4. The van der Waals surface area contributed by atoms with E-state index in [9.17, 15) is 13.2 Å². The average Bonchev–Trinajstić information content (AvgIpc) is 2.54. The Hall–Kier alpha value is -1.92. The van der Waals surface area contributed by atoms with Crippen LogP contribution in [0.3, 0.4) is 0 Å². The Morgan fingerprint density at radius 1 is 1.17 bits per heavy atom. The van der Waals surface area contributed by atoms with Crippen LogP contribution in [0.5, 0.6) is 0 Å². The zero-order valence-electron chi connectivity index (χ0n) is 14.4. The highest BCUT2D eigenvalue weighted by Gasteiger charge is 2.29. The molecule has 2 aromatic carbocycles. The Balaban J connectivity index is 2.59. The Kier molecular flexibility index (Phi) is 5.30. The molecule has 130 valence electrons. The molecule has 0 aromatic heterocycles. The Bertz CT molecular complexity index is 856. The van der Waals surface area contributed by atoms with Gasteiger partial charge in [0.25, 0.3) is 10.1 Å². The van der Waals surface area contributed by atoms with Crippen molar-refractivity contribution in [1.82, 2.24) is 0 Å². The molecule has 0 aliphatic heterocycles. The third kappa shape index (κ3) is 3.60. The van der Waals surface area contributed by atoms with Gasteiger partial charge in [-0.05, 0) is 17.9 Å². The first-order chi connectivity index (χ1) is 11.2. The molecular weight excluding hydrogens is 326 g/mol. The summed E-state index contributed by atoms with van der Waals surface area (Å²) in [6.45, 7) is 5.70. The molecule has 0 spiro atoms. The van der Waals surface area contributed by atoms with E-state index in [-0.39, 0.29) is 16.5 Å². The number of benzene rings is 2. The van der Waals surface area contributed by atoms with E-state index in [1.54, 1.807) is 24.3 Å². The van der Waals surface area contributed by atoms with Gasteiger partial charge in [0.15, 0.2) is 0 Å². The van der Waals surface area contributed by atoms with Gasteiger partial charge in [0.1, 0.15) is 4.90 Å². The van der Waals surface area contributed by atoms with Gasteiger partial charge in [0.05, 0.1) is 12.8 Å². The fraction of sp³-hybridized carbons (Fsp3) is 0.389. The summed E-state index contributed by atoms with van der Waals surface area (Å²) < 4.78 is 29.5. The SMILES string of the molecule is CCCC(C)(C)C(=O)Nc1ccc2ccccc2c1S(=O)(=O)OC. The maximum atomic E-state index is 12.6. The van der Waals surface area contributed by atoms with E-state index in [0.717, 1.165) is 18.9 Å². The largest absolute Gasteiger partial charge is 0.324 e. The summed E-state index contributed by atoms with van der Waals surface area (Å²) >= 11 is 0. The van der Waals surface area contributed by atoms with Crippen LogP contribution in [0.15, 0.2) is 41.3 Å². The minimum Gasteiger partial charge on any atom is -0.324 e. The van der Waals surface area contributed by atoms with Crippen molar-refractivity contribution >= 4 is 32.5 Å². The van der Waals surface area contributed by atoms with Crippen molar-refractivity contribution in [1.29, 1.82) is 0 Å². The summed E-state index contributed by atoms with van der Waals surface area (Å²) in [5.41, 5.74) is -0.348. The number of nitrogens with one attached hydrogen (secondary N) is 1. The van der Waals surface area contributed by atoms with Crippen LogP contribution in [0.25, 0.3) is 10.8 Å². The van der Waals surface area contributed by atoms with E-state index < -0.39 is 15.5 Å². The minimum absolute atomic E-state index is 0.0104. The number of fused-ring (bicyclic) bond motifs is 1. The van der Waals surface area contributed by atoms with Gasteiger partial charge in [-0.15, -0.1) is 0 Å². The second kappa shape index (κ2) is 6.91. The van der Waals surface area contributed by atoms with Crippen molar-refractivity contribution in [2.24, 2.45) is 5.41 Å². The lowest BCUT2D eigenvalue weighted by molar-refractivity contribution is -0.124. The van der Waals surface area contributed by atoms with Crippen molar-refractivity contribution in [2.45, 2.75) is 38.5 Å². The van der Waals surface area contributed by atoms with Gasteiger partial charge in [0.2, 0.25) is 5.91 Å². The van der Waals surface area contributed by atoms with Gasteiger partial charge < -0.3 is 5.32 Å². The standard InChI is InChI=1S/C18H23NO4S/c1-5-12-18(2,3)17(20)19-15-11-10-13-8-6-7-9-14(13)16(15)24(21,22)23-4/h6-11H,5,12H2,1-4H3,(H,19,20). The van der Waals surface area contributed by atoms with Crippen molar-refractivity contribution in [2.75, 3.05) is 12.4 Å². The molecule has 0 unspecified atom stereocenters. The van der Waals surface area contributed by atoms with Gasteiger partial charge in [-0.1, -0.05) is 57.5 Å². The first kappa shape index (κ1) is 18.4. The number of amides is 1. The fourth-order valence-electron chi connectivity index (χ4n) is 2.72. The van der Waals surface area contributed by atoms with Crippen LogP contribution in [-0.4, -0.2) is 21.4 Å². The molecule has 1 N–H and O–H groups in total. The molecule has 0 atom stereocenters.